The fourth-order valence-electron chi connectivity index (χ4n) is 3.62. The second kappa shape index (κ2) is 8.74. The Morgan fingerprint density at radius 2 is 2.21 bits per heavy atom. The van der Waals surface area contributed by atoms with E-state index in [0.717, 1.165) is 6.54 Å². The first-order valence-electron chi connectivity index (χ1n) is 9.50. The van der Waals surface area contributed by atoms with Gasteiger partial charge in [0.1, 0.15) is 12.0 Å². The first-order chi connectivity index (χ1) is 13.3. The van der Waals surface area contributed by atoms with E-state index in [1.54, 1.807) is 17.0 Å². The number of carboxylic acid groups (broad SMARTS) is 1. The van der Waals surface area contributed by atoms with Crippen molar-refractivity contribution in [2.24, 2.45) is 11.8 Å². The van der Waals surface area contributed by atoms with Crippen LogP contribution in [0.4, 0.5) is 4.39 Å². The fourth-order valence-corrected chi connectivity index (χ4v) is 3.62. The van der Waals surface area contributed by atoms with Crippen LogP contribution >= 0.6 is 0 Å². The lowest BCUT2D eigenvalue weighted by Gasteiger charge is -2.37. The number of aliphatic carboxylic acids is 1. The molecule has 1 fully saturated rings. The summed E-state index contributed by atoms with van der Waals surface area (Å²) in [4.78, 5) is 13.7. The number of nitrogens with one attached hydrogen (secondary N) is 1. The fraction of sp³-hybridized carbons (Fsp3) is 0.579. The Kier molecular flexibility index (Phi) is 6.35. The van der Waals surface area contributed by atoms with Crippen molar-refractivity contribution in [2.45, 2.75) is 51.8 Å². The molecular weight excluding hydrogens is 365 g/mol. The van der Waals surface area contributed by atoms with Gasteiger partial charge in [-0.3, -0.25) is 9.69 Å². The van der Waals surface area contributed by atoms with Crippen molar-refractivity contribution in [2.75, 3.05) is 6.54 Å². The molecule has 2 aromatic rings. The smallest absolute Gasteiger partial charge is 0.307 e. The molecule has 1 aliphatic rings. The van der Waals surface area contributed by atoms with Crippen LogP contribution in [0, 0.1) is 17.7 Å². The van der Waals surface area contributed by atoms with Gasteiger partial charge in [-0.05, 0) is 36.8 Å². The van der Waals surface area contributed by atoms with Gasteiger partial charge in [-0.15, -0.1) is 10.2 Å². The summed E-state index contributed by atoms with van der Waals surface area (Å²) < 4.78 is 14.6. The van der Waals surface area contributed by atoms with Gasteiger partial charge < -0.3 is 10.2 Å². The number of carbonyl (C=O) groups is 1. The van der Waals surface area contributed by atoms with Crippen LogP contribution in [-0.2, 0) is 17.8 Å². The monoisotopic (exact) mass is 391 g/mol. The summed E-state index contributed by atoms with van der Waals surface area (Å²) in [6.45, 7) is 5.02. The van der Waals surface area contributed by atoms with E-state index in [2.05, 4.69) is 20.6 Å². The summed E-state index contributed by atoms with van der Waals surface area (Å²) in [6, 6.07) is 4.93. The van der Waals surface area contributed by atoms with Gasteiger partial charge in [0.15, 0.2) is 5.82 Å². The highest BCUT2D eigenvalue weighted by Crippen LogP contribution is 2.32. The molecule has 1 aliphatic heterocycles. The molecular formula is C19H26FN5O3. The van der Waals surface area contributed by atoms with Crippen LogP contribution in [-0.4, -0.2) is 54.5 Å². The number of aliphatic hydroxyl groups is 1. The van der Waals surface area contributed by atoms with Gasteiger partial charge in [0.05, 0.1) is 5.92 Å². The van der Waals surface area contributed by atoms with Gasteiger partial charge in [0, 0.05) is 24.6 Å². The summed E-state index contributed by atoms with van der Waals surface area (Å²) in [5.41, 5.74) is 1.19. The summed E-state index contributed by atoms with van der Waals surface area (Å²) in [7, 11) is 0. The van der Waals surface area contributed by atoms with Crippen LogP contribution in [0.5, 0.6) is 0 Å². The Bertz CT molecular complexity index is 799. The molecule has 1 aromatic heterocycles. The normalized spacial score (nSPS) is 19.4. The Labute approximate surface area is 162 Å². The molecule has 3 atom stereocenters. The number of halogens is 1. The molecule has 8 nitrogen and oxygen atoms in total. The maximum absolute atomic E-state index is 14.6. The van der Waals surface area contributed by atoms with Crippen molar-refractivity contribution in [1.29, 1.82) is 0 Å². The van der Waals surface area contributed by atoms with Gasteiger partial charge in [-0.25, -0.2) is 4.39 Å². The number of nitrogens with zero attached hydrogens (tertiary/aromatic N) is 4. The van der Waals surface area contributed by atoms with E-state index in [1.807, 2.05) is 13.8 Å². The molecule has 3 rings (SSSR count). The third-order valence-corrected chi connectivity index (χ3v) is 5.26. The van der Waals surface area contributed by atoms with E-state index >= 15 is 0 Å². The summed E-state index contributed by atoms with van der Waals surface area (Å²) in [6.07, 6.45) is 0.960. The number of tetrazole rings is 1. The number of carboxylic acids is 1. The minimum absolute atomic E-state index is 0.178. The van der Waals surface area contributed by atoms with Crippen LogP contribution in [0.3, 0.4) is 0 Å². The third-order valence-electron chi connectivity index (χ3n) is 5.26. The zero-order valence-electron chi connectivity index (χ0n) is 16.0. The van der Waals surface area contributed by atoms with Crippen molar-refractivity contribution in [3.8, 4) is 0 Å². The Hall–Kier alpha value is -2.39. The zero-order chi connectivity index (χ0) is 20.3. The largest absolute Gasteiger partial charge is 0.481 e. The molecule has 28 heavy (non-hydrogen) atoms. The van der Waals surface area contributed by atoms with E-state index in [1.165, 1.54) is 6.07 Å². The number of likely N-dealkylation sites (tertiary alicyclic amines) is 1. The molecule has 152 valence electrons. The van der Waals surface area contributed by atoms with Gasteiger partial charge in [-0.2, -0.15) is 5.21 Å². The topological polar surface area (TPSA) is 115 Å². The third kappa shape index (κ3) is 4.71. The van der Waals surface area contributed by atoms with Gasteiger partial charge in [0.25, 0.3) is 0 Å². The highest BCUT2D eigenvalue weighted by atomic mass is 19.1. The number of H-pyrrole nitrogens is 1. The molecule has 0 amide bonds. The Morgan fingerprint density at radius 1 is 1.43 bits per heavy atom. The van der Waals surface area contributed by atoms with Gasteiger partial charge in [-0.1, -0.05) is 31.2 Å². The van der Waals surface area contributed by atoms with E-state index in [0.29, 0.717) is 42.8 Å². The summed E-state index contributed by atoms with van der Waals surface area (Å²) >= 11 is 0. The minimum atomic E-state index is -0.924. The molecule has 0 aliphatic carbocycles. The van der Waals surface area contributed by atoms with Crippen LogP contribution in [0.15, 0.2) is 18.2 Å². The number of aromatic nitrogens is 4. The zero-order valence-corrected chi connectivity index (χ0v) is 16.0. The Balaban J connectivity index is 1.80. The molecule has 1 aromatic carbocycles. The predicted molar refractivity (Wildman–Crippen MR) is 98.6 cm³/mol. The van der Waals surface area contributed by atoms with Gasteiger partial charge >= 0.3 is 5.97 Å². The first-order valence-corrected chi connectivity index (χ1v) is 9.50. The maximum atomic E-state index is 14.6. The summed E-state index contributed by atoms with van der Waals surface area (Å²) in [5, 5.41) is 33.3. The lowest BCUT2D eigenvalue weighted by Crippen LogP contribution is -2.46. The quantitative estimate of drug-likeness (QED) is 0.598. The lowest BCUT2D eigenvalue weighted by atomic mass is 9.81. The molecule has 1 saturated heterocycles. The van der Waals surface area contributed by atoms with Crippen LogP contribution in [0.1, 0.15) is 49.6 Å². The van der Waals surface area contributed by atoms with E-state index in [9.17, 15) is 19.4 Å². The SMILES string of the molecule is CC(C)C[C@H](C(=O)O)[C@H](Cc1ccc(CN2CCC2O)c(F)c1)c1nn[nH]n1. The molecule has 0 radical (unpaired) electrons. The van der Waals surface area contributed by atoms with Crippen molar-refractivity contribution < 1.29 is 19.4 Å². The van der Waals surface area contributed by atoms with E-state index in [4.69, 9.17) is 0 Å². The molecule has 3 N–H and O–H groups in total. The number of benzene rings is 1. The van der Waals surface area contributed by atoms with Crippen LogP contribution in [0.2, 0.25) is 0 Å². The second-order valence-corrected chi connectivity index (χ2v) is 7.82. The van der Waals surface area contributed by atoms with Gasteiger partial charge in [0.2, 0.25) is 0 Å². The molecule has 1 unspecified atom stereocenters. The maximum Gasteiger partial charge on any atom is 0.307 e. The molecule has 0 bridgehead atoms. The van der Waals surface area contributed by atoms with Crippen LogP contribution in [0.25, 0.3) is 0 Å². The van der Waals surface area contributed by atoms with Crippen LogP contribution < -0.4 is 0 Å². The van der Waals surface area contributed by atoms with E-state index < -0.39 is 24.0 Å². The highest BCUT2D eigenvalue weighted by Gasteiger charge is 2.33. The Morgan fingerprint density at radius 3 is 2.71 bits per heavy atom. The highest BCUT2D eigenvalue weighted by molar-refractivity contribution is 5.71. The van der Waals surface area contributed by atoms with Crippen molar-refractivity contribution in [1.82, 2.24) is 25.5 Å². The average Bonchev–Trinajstić information content (AvgIpc) is 3.16. The van der Waals surface area contributed by atoms with Crippen molar-refractivity contribution in [3.63, 3.8) is 0 Å². The molecule has 0 spiro atoms. The molecule has 0 saturated carbocycles. The predicted octanol–water partition coefficient (Wildman–Crippen LogP) is 1.94. The van der Waals surface area contributed by atoms with Crippen molar-refractivity contribution >= 4 is 5.97 Å². The number of rotatable bonds is 9. The standard InChI is InChI=1S/C19H26FN5O3/c1-11(2)7-15(19(27)28)14(18-21-23-24-22-18)8-12-3-4-13(16(20)9-12)10-25-6-5-17(25)26/h3-4,9,11,14-15,17,26H,5-8,10H2,1-2H3,(H,27,28)(H,21,22,23,24)/t14-,15-,17?/m0/s1. The number of aliphatic hydroxyl groups excluding tert-OH is 1. The average molecular weight is 391 g/mol. The summed E-state index contributed by atoms with van der Waals surface area (Å²) in [5.74, 6) is -2.00. The minimum Gasteiger partial charge on any atom is -0.481 e. The second-order valence-electron chi connectivity index (χ2n) is 7.82. The molecule has 9 heteroatoms. The lowest BCUT2D eigenvalue weighted by molar-refractivity contribution is -0.143. The number of hydrogen-bond acceptors (Lipinski definition) is 6. The molecule has 2 heterocycles. The van der Waals surface area contributed by atoms with E-state index in [-0.39, 0.29) is 11.7 Å². The number of hydrogen-bond donors (Lipinski definition) is 3. The number of aromatic amines is 1. The van der Waals surface area contributed by atoms with Crippen molar-refractivity contribution in [3.05, 3.63) is 41.0 Å². The first kappa shape index (κ1) is 20.3.